The maximum atomic E-state index is 13.0. The van der Waals surface area contributed by atoms with Crippen LogP contribution in [0.25, 0.3) is 21.8 Å². The monoisotopic (exact) mass is 415 g/mol. The van der Waals surface area contributed by atoms with Gasteiger partial charge in [0, 0.05) is 34.0 Å². The molecule has 1 N–H and O–H groups in total. The standard InChI is InChI=1S/C25H25N3O3/c1-3-27-21-11-7-6-8-17(21)20-14-16(12-13-22(20)27)26-23(29)15(2)28-24(30)18-9-4-5-10-19(18)25(28)31/h4-8,11-15,18-19H,3,9-10H2,1-2H3,(H,26,29)/t15-,18?,19?/m0/s1. The summed E-state index contributed by atoms with van der Waals surface area (Å²) in [5.41, 5.74) is 2.92. The van der Waals surface area contributed by atoms with E-state index in [1.165, 1.54) is 4.90 Å². The van der Waals surface area contributed by atoms with Gasteiger partial charge < -0.3 is 9.88 Å². The first-order valence-corrected chi connectivity index (χ1v) is 10.8. The molecule has 1 aliphatic carbocycles. The van der Waals surface area contributed by atoms with Crippen LogP contribution in [0.4, 0.5) is 5.69 Å². The molecule has 0 radical (unpaired) electrons. The number of carbonyl (C=O) groups excluding carboxylic acids is 3. The zero-order chi connectivity index (χ0) is 21.7. The largest absolute Gasteiger partial charge is 0.341 e. The Hall–Kier alpha value is -3.41. The molecule has 1 fully saturated rings. The van der Waals surface area contributed by atoms with Gasteiger partial charge >= 0.3 is 0 Å². The van der Waals surface area contributed by atoms with Crippen LogP contribution in [-0.2, 0) is 20.9 Å². The van der Waals surface area contributed by atoms with Gasteiger partial charge in [-0.2, -0.15) is 0 Å². The van der Waals surface area contributed by atoms with Crippen LogP contribution in [0.2, 0.25) is 0 Å². The number of imide groups is 1. The fourth-order valence-electron chi connectivity index (χ4n) is 5.04. The Bertz CT molecular complexity index is 1230. The van der Waals surface area contributed by atoms with Gasteiger partial charge in [0.25, 0.3) is 0 Å². The molecule has 6 heteroatoms. The Kier molecular flexibility index (Phi) is 4.65. The second kappa shape index (κ2) is 7.38. The van der Waals surface area contributed by atoms with E-state index < -0.39 is 6.04 Å². The number of allylic oxidation sites excluding steroid dienone is 2. The van der Waals surface area contributed by atoms with Crippen molar-refractivity contribution < 1.29 is 14.4 Å². The van der Waals surface area contributed by atoms with Gasteiger partial charge in [-0.15, -0.1) is 0 Å². The summed E-state index contributed by atoms with van der Waals surface area (Å²) in [4.78, 5) is 39.7. The van der Waals surface area contributed by atoms with Gasteiger partial charge in [0.15, 0.2) is 0 Å². The summed E-state index contributed by atoms with van der Waals surface area (Å²) in [6.45, 7) is 4.58. The number of carbonyl (C=O) groups is 3. The van der Waals surface area contributed by atoms with Crippen molar-refractivity contribution in [1.82, 2.24) is 9.47 Å². The lowest BCUT2D eigenvalue weighted by Crippen LogP contribution is -2.46. The van der Waals surface area contributed by atoms with E-state index in [1.54, 1.807) is 6.92 Å². The van der Waals surface area contributed by atoms with Crippen molar-refractivity contribution in [2.24, 2.45) is 11.8 Å². The van der Waals surface area contributed by atoms with Crippen molar-refractivity contribution in [3.63, 3.8) is 0 Å². The molecule has 1 saturated heterocycles. The number of rotatable bonds is 4. The van der Waals surface area contributed by atoms with E-state index in [1.807, 2.05) is 42.5 Å². The number of hydrogen-bond acceptors (Lipinski definition) is 3. The Morgan fingerprint density at radius 2 is 1.65 bits per heavy atom. The minimum absolute atomic E-state index is 0.233. The molecule has 5 rings (SSSR count). The van der Waals surface area contributed by atoms with Gasteiger partial charge in [0.05, 0.1) is 11.8 Å². The normalized spacial score (nSPS) is 21.7. The molecule has 1 aromatic heterocycles. The molecule has 0 bridgehead atoms. The van der Waals surface area contributed by atoms with Crippen LogP contribution in [0.15, 0.2) is 54.6 Å². The van der Waals surface area contributed by atoms with Crippen LogP contribution >= 0.6 is 0 Å². The molecule has 2 unspecified atom stereocenters. The van der Waals surface area contributed by atoms with Crippen LogP contribution in [0.1, 0.15) is 26.7 Å². The zero-order valence-electron chi connectivity index (χ0n) is 17.7. The van der Waals surface area contributed by atoms with Gasteiger partial charge in [-0.1, -0.05) is 30.4 Å². The predicted octanol–water partition coefficient (Wildman–Crippen LogP) is 4.09. The second-order valence-corrected chi connectivity index (χ2v) is 8.36. The van der Waals surface area contributed by atoms with Crippen molar-refractivity contribution in [3.8, 4) is 0 Å². The third-order valence-electron chi connectivity index (χ3n) is 6.66. The minimum Gasteiger partial charge on any atom is -0.341 e. The lowest BCUT2D eigenvalue weighted by molar-refractivity contribution is -0.146. The molecule has 3 atom stereocenters. The average Bonchev–Trinajstić information content (AvgIpc) is 3.24. The highest BCUT2D eigenvalue weighted by atomic mass is 16.2. The molecule has 0 spiro atoms. The fraction of sp³-hybridized carbons (Fsp3) is 0.320. The molecule has 3 amide bonds. The van der Waals surface area contributed by atoms with E-state index in [0.29, 0.717) is 18.5 Å². The molecule has 2 heterocycles. The molecule has 1 aliphatic heterocycles. The van der Waals surface area contributed by atoms with Crippen LogP contribution in [-0.4, -0.2) is 33.2 Å². The molecule has 2 aliphatic rings. The van der Waals surface area contributed by atoms with Gasteiger partial charge in [0.2, 0.25) is 17.7 Å². The number of benzene rings is 2. The third kappa shape index (κ3) is 2.97. The second-order valence-electron chi connectivity index (χ2n) is 8.36. The zero-order valence-corrected chi connectivity index (χ0v) is 17.7. The maximum Gasteiger partial charge on any atom is 0.247 e. The lowest BCUT2D eigenvalue weighted by Gasteiger charge is -2.22. The highest BCUT2D eigenvalue weighted by molar-refractivity contribution is 6.12. The summed E-state index contributed by atoms with van der Waals surface area (Å²) in [5.74, 6) is -1.48. The number of aromatic nitrogens is 1. The number of para-hydroxylation sites is 1. The number of fused-ring (bicyclic) bond motifs is 4. The lowest BCUT2D eigenvalue weighted by atomic mass is 9.85. The number of aryl methyl sites for hydroxylation is 1. The Morgan fingerprint density at radius 1 is 1.00 bits per heavy atom. The number of anilines is 1. The van der Waals surface area contributed by atoms with Gasteiger partial charge in [0.1, 0.15) is 6.04 Å². The Labute approximate surface area is 180 Å². The molecule has 0 saturated carbocycles. The molecular formula is C25H25N3O3. The average molecular weight is 415 g/mol. The van der Waals surface area contributed by atoms with Crippen molar-refractivity contribution in [1.29, 1.82) is 0 Å². The molecular weight excluding hydrogens is 390 g/mol. The van der Waals surface area contributed by atoms with Crippen LogP contribution in [0.3, 0.4) is 0 Å². The van der Waals surface area contributed by atoms with Crippen LogP contribution in [0, 0.1) is 11.8 Å². The maximum absolute atomic E-state index is 13.0. The third-order valence-corrected chi connectivity index (χ3v) is 6.66. The quantitative estimate of drug-likeness (QED) is 0.515. The van der Waals surface area contributed by atoms with E-state index in [4.69, 9.17) is 0 Å². The smallest absolute Gasteiger partial charge is 0.247 e. The first-order chi connectivity index (χ1) is 15.0. The topological polar surface area (TPSA) is 71.4 Å². The van der Waals surface area contributed by atoms with E-state index in [9.17, 15) is 14.4 Å². The van der Waals surface area contributed by atoms with E-state index in [2.05, 4.69) is 28.9 Å². The van der Waals surface area contributed by atoms with Crippen molar-refractivity contribution in [3.05, 3.63) is 54.6 Å². The van der Waals surface area contributed by atoms with Crippen LogP contribution in [0.5, 0.6) is 0 Å². The molecule has 6 nitrogen and oxygen atoms in total. The highest BCUT2D eigenvalue weighted by Crippen LogP contribution is 2.36. The number of likely N-dealkylation sites (tertiary alicyclic amines) is 1. The van der Waals surface area contributed by atoms with Crippen molar-refractivity contribution in [2.45, 2.75) is 39.3 Å². The highest BCUT2D eigenvalue weighted by Gasteiger charge is 2.50. The first kappa shape index (κ1) is 19.5. The summed E-state index contributed by atoms with van der Waals surface area (Å²) in [7, 11) is 0. The first-order valence-electron chi connectivity index (χ1n) is 10.8. The van der Waals surface area contributed by atoms with Gasteiger partial charge in [-0.3, -0.25) is 19.3 Å². The summed E-state index contributed by atoms with van der Waals surface area (Å²) in [5, 5.41) is 5.11. The molecule has 31 heavy (non-hydrogen) atoms. The Morgan fingerprint density at radius 3 is 2.32 bits per heavy atom. The summed E-state index contributed by atoms with van der Waals surface area (Å²) < 4.78 is 2.25. The van der Waals surface area contributed by atoms with Crippen molar-refractivity contribution >= 4 is 45.2 Å². The predicted molar refractivity (Wildman–Crippen MR) is 120 cm³/mol. The van der Waals surface area contributed by atoms with E-state index in [-0.39, 0.29) is 29.6 Å². The number of nitrogens with one attached hydrogen (secondary N) is 1. The SMILES string of the molecule is CCn1c2ccccc2c2cc(NC(=O)[C@H](C)N3C(=O)C4CC=CCC4C3=O)ccc21. The van der Waals surface area contributed by atoms with E-state index >= 15 is 0 Å². The number of nitrogens with zero attached hydrogens (tertiary/aromatic N) is 2. The number of hydrogen-bond donors (Lipinski definition) is 1. The molecule has 2 aromatic carbocycles. The summed E-state index contributed by atoms with van der Waals surface area (Å²) in [6, 6.07) is 13.2. The minimum atomic E-state index is -0.849. The van der Waals surface area contributed by atoms with E-state index in [0.717, 1.165) is 28.4 Å². The van der Waals surface area contributed by atoms with Gasteiger partial charge in [-0.05, 0) is 51.0 Å². The summed E-state index contributed by atoms with van der Waals surface area (Å²) >= 11 is 0. The fourth-order valence-corrected chi connectivity index (χ4v) is 5.04. The summed E-state index contributed by atoms with van der Waals surface area (Å²) in [6.07, 6.45) is 5.03. The molecule has 158 valence electrons. The number of amides is 3. The van der Waals surface area contributed by atoms with Crippen molar-refractivity contribution in [2.75, 3.05) is 5.32 Å². The molecule has 3 aromatic rings. The Balaban J connectivity index is 1.42. The van der Waals surface area contributed by atoms with Gasteiger partial charge in [-0.25, -0.2) is 0 Å². The van der Waals surface area contributed by atoms with Crippen LogP contribution < -0.4 is 5.32 Å².